The van der Waals surface area contributed by atoms with Crippen LogP contribution in [0.5, 0.6) is 0 Å². The highest BCUT2D eigenvalue weighted by atomic mass is 35.5. The molecule has 1 fully saturated rings. The van der Waals surface area contributed by atoms with Gasteiger partial charge in [-0.15, -0.1) is 0 Å². The average Bonchev–Trinajstić information content (AvgIpc) is 3.45. The average molecular weight is 454 g/mol. The number of benzene rings is 1. The van der Waals surface area contributed by atoms with E-state index in [1.165, 1.54) is 12.4 Å². The number of pyridine rings is 2. The second kappa shape index (κ2) is 7.72. The molecule has 0 spiro atoms. The van der Waals surface area contributed by atoms with Crippen LogP contribution in [-0.2, 0) is 4.79 Å². The van der Waals surface area contributed by atoms with Crippen LogP contribution in [0.3, 0.4) is 0 Å². The van der Waals surface area contributed by atoms with Crippen LogP contribution < -0.4 is 5.32 Å². The van der Waals surface area contributed by atoms with Gasteiger partial charge in [-0.2, -0.15) is 13.2 Å². The molecule has 162 valence electrons. The van der Waals surface area contributed by atoms with Crippen molar-refractivity contribution in [1.29, 1.82) is 0 Å². The van der Waals surface area contributed by atoms with Gasteiger partial charge in [0.05, 0.1) is 16.6 Å². The molecule has 0 saturated heterocycles. The molecule has 2 aromatic heterocycles. The number of carbonyl (C=O) groups excluding carboxylic acids is 1. The summed E-state index contributed by atoms with van der Waals surface area (Å²) in [6, 6.07) is 6.88. The van der Waals surface area contributed by atoms with Crippen molar-refractivity contribution in [3.63, 3.8) is 0 Å². The van der Waals surface area contributed by atoms with E-state index in [-0.39, 0.29) is 11.4 Å². The number of amides is 1. The van der Waals surface area contributed by atoms with Crippen LogP contribution >= 0.6 is 11.6 Å². The van der Waals surface area contributed by atoms with Crippen LogP contribution in [0.2, 0.25) is 5.02 Å². The summed E-state index contributed by atoms with van der Waals surface area (Å²) in [7, 11) is 0. The van der Waals surface area contributed by atoms with Gasteiger partial charge in [0.1, 0.15) is 12.0 Å². The number of hydrogen-bond acceptors (Lipinski definition) is 4. The monoisotopic (exact) mass is 453 g/mol. The standard InChI is InChI=1S/C21H16ClF4N3O2/c1-9-14(8-28-18(17(9)22)19(30)21(24,25)26)11-3-2-10-5-16(27-7-12(10)4-11)29-20(31)13-6-15(13)23/h2-5,7-8,13,15,19,30H,6H2,1H3,(H,27,29,31)/t13-,15+,19?/m1/s1. The van der Waals surface area contributed by atoms with Crippen LogP contribution in [0.1, 0.15) is 23.8 Å². The van der Waals surface area contributed by atoms with Crippen LogP contribution in [-0.4, -0.2) is 33.3 Å². The van der Waals surface area contributed by atoms with Crippen molar-refractivity contribution < 1.29 is 27.5 Å². The number of carbonyl (C=O) groups is 1. The Balaban J connectivity index is 1.63. The Hall–Kier alpha value is -2.78. The summed E-state index contributed by atoms with van der Waals surface area (Å²) in [6.07, 6.45) is -5.77. The maximum Gasteiger partial charge on any atom is 0.420 e. The van der Waals surface area contributed by atoms with E-state index < -0.39 is 36.0 Å². The van der Waals surface area contributed by atoms with Crippen molar-refractivity contribution in [2.45, 2.75) is 31.8 Å². The van der Waals surface area contributed by atoms with Gasteiger partial charge in [0.25, 0.3) is 0 Å². The lowest BCUT2D eigenvalue weighted by molar-refractivity contribution is -0.207. The summed E-state index contributed by atoms with van der Waals surface area (Å²) in [6.45, 7) is 1.54. The normalized spacial score (nSPS) is 19.3. The van der Waals surface area contributed by atoms with Crippen molar-refractivity contribution in [1.82, 2.24) is 9.97 Å². The van der Waals surface area contributed by atoms with Gasteiger partial charge in [-0.05, 0) is 42.0 Å². The Labute approximate surface area is 179 Å². The predicted octanol–water partition coefficient (Wildman–Crippen LogP) is 5.15. The molecular formula is C21H16ClF4N3O2. The van der Waals surface area contributed by atoms with Crippen LogP contribution in [0.25, 0.3) is 21.9 Å². The Morgan fingerprint density at radius 2 is 1.94 bits per heavy atom. The molecule has 3 aromatic rings. The van der Waals surface area contributed by atoms with Crippen LogP contribution in [0.15, 0.2) is 36.7 Å². The Kier molecular flexibility index (Phi) is 5.35. The molecule has 2 N–H and O–H groups in total. The lowest BCUT2D eigenvalue weighted by Gasteiger charge is -2.18. The fourth-order valence-electron chi connectivity index (χ4n) is 3.27. The highest BCUT2D eigenvalue weighted by Gasteiger charge is 2.44. The molecule has 0 aliphatic heterocycles. The number of nitrogens with one attached hydrogen (secondary N) is 1. The van der Waals surface area contributed by atoms with Crippen LogP contribution in [0.4, 0.5) is 23.4 Å². The molecule has 1 unspecified atom stereocenters. The number of alkyl halides is 4. The van der Waals surface area contributed by atoms with E-state index in [2.05, 4.69) is 15.3 Å². The topological polar surface area (TPSA) is 75.1 Å². The minimum Gasteiger partial charge on any atom is -0.378 e. The number of aromatic nitrogens is 2. The van der Waals surface area contributed by atoms with Crippen LogP contribution in [0, 0.1) is 12.8 Å². The summed E-state index contributed by atoms with van der Waals surface area (Å²) >= 11 is 6.08. The van der Waals surface area contributed by atoms with Gasteiger partial charge in [-0.25, -0.2) is 9.37 Å². The molecule has 31 heavy (non-hydrogen) atoms. The fourth-order valence-corrected chi connectivity index (χ4v) is 3.52. The predicted molar refractivity (Wildman–Crippen MR) is 107 cm³/mol. The third-order valence-electron chi connectivity index (χ3n) is 5.19. The molecule has 1 aromatic carbocycles. The highest BCUT2D eigenvalue weighted by Crippen LogP contribution is 2.39. The van der Waals surface area contributed by atoms with Crippen molar-refractivity contribution in [2.24, 2.45) is 5.92 Å². The number of halogens is 5. The molecule has 10 heteroatoms. The van der Waals surface area contributed by atoms with Gasteiger partial charge in [0.15, 0.2) is 6.10 Å². The third kappa shape index (κ3) is 4.20. The minimum atomic E-state index is -4.88. The number of hydrogen-bond donors (Lipinski definition) is 2. The number of aliphatic hydroxyl groups is 1. The van der Waals surface area contributed by atoms with Gasteiger partial charge in [0.2, 0.25) is 5.91 Å². The highest BCUT2D eigenvalue weighted by molar-refractivity contribution is 6.32. The zero-order chi connectivity index (χ0) is 22.5. The van der Waals surface area contributed by atoms with E-state index in [1.54, 1.807) is 31.2 Å². The molecule has 0 bridgehead atoms. The lowest BCUT2D eigenvalue weighted by atomic mass is 9.99. The smallest absolute Gasteiger partial charge is 0.378 e. The first-order valence-electron chi connectivity index (χ1n) is 9.31. The van der Waals surface area contributed by atoms with Crippen molar-refractivity contribution in [3.8, 4) is 11.1 Å². The first-order valence-corrected chi connectivity index (χ1v) is 9.69. The summed E-state index contributed by atoms with van der Waals surface area (Å²) in [4.78, 5) is 19.8. The summed E-state index contributed by atoms with van der Waals surface area (Å²) in [5, 5.41) is 13.3. The summed E-state index contributed by atoms with van der Waals surface area (Å²) in [5.74, 6) is -0.733. The number of rotatable bonds is 4. The van der Waals surface area contributed by atoms with Gasteiger partial charge < -0.3 is 10.4 Å². The molecule has 1 saturated carbocycles. The van der Waals surface area contributed by atoms with Gasteiger partial charge in [0, 0.05) is 23.3 Å². The van der Waals surface area contributed by atoms with E-state index in [0.29, 0.717) is 27.9 Å². The first kappa shape index (κ1) is 21.5. The second-order valence-corrected chi connectivity index (χ2v) is 7.80. The first-order chi connectivity index (χ1) is 14.6. The number of fused-ring (bicyclic) bond motifs is 1. The van der Waals surface area contributed by atoms with Gasteiger partial charge in [-0.1, -0.05) is 23.7 Å². The Morgan fingerprint density at radius 3 is 2.58 bits per heavy atom. The molecule has 1 amide bonds. The summed E-state index contributed by atoms with van der Waals surface area (Å²) in [5.41, 5.74) is 0.843. The van der Waals surface area contributed by atoms with E-state index in [0.717, 1.165) is 5.39 Å². The molecule has 1 aliphatic rings. The Bertz CT molecular complexity index is 1190. The van der Waals surface area contributed by atoms with E-state index >= 15 is 0 Å². The number of aliphatic hydroxyl groups excluding tert-OH is 1. The van der Waals surface area contributed by atoms with Crippen molar-refractivity contribution in [2.75, 3.05) is 5.32 Å². The van der Waals surface area contributed by atoms with Gasteiger partial charge in [-0.3, -0.25) is 9.78 Å². The molecular weight excluding hydrogens is 438 g/mol. The SMILES string of the molecule is Cc1c(-c2ccc3cc(NC(=O)[C@@H]4C[C@@H]4F)ncc3c2)cnc(C(O)C(F)(F)F)c1Cl. The quantitative estimate of drug-likeness (QED) is 0.536. The third-order valence-corrected chi connectivity index (χ3v) is 5.67. The zero-order valence-corrected chi connectivity index (χ0v) is 16.8. The fraction of sp³-hybridized carbons (Fsp3) is 0.286. The van der Waals surface area contributed by atoms with E-state index in [4.69, 9.17) is 11.6 Å². The van der Waals surface area contributed by atoms with Crippen molar-refractivity contribution in [3.05, 3.63) is 52.9 Å². The molecule has 3 atom stereocenters. The summed E-state index contributed by atoms with van der Waals surface area (Å²) < 4.78 is 51.5. The zero-order valence-electron chi connectivity index (χ0n) is 16.0. The molecule has 5 nitrogen and oxygen atoms in total. The molecule has 4 rings (SSSR count). The van der Waals surface area contributed by atoms with E-state index in [1.807, 2.05) is 0 Å². The Morgan fingerprint density at radius 1 is 1.23 bits per heavy atom. The number of nitrogens with zero attached hydrogens (tertiary/aromatic N) is 2. The van der Waals surface area contributed by atoms with E-state index in [9.17, 15) is 27.5 Å². The van der Waals surface area contributed by atoms with Gasteiger partial charge >= 0.3 is 6.18 Å². The lowest BCUT2D eigenvalue weighted by Crippen LogP contribution is -2.22. The minimum absolute atomic E-state index is 0.220. The maximum atomic E-state index is 13.0. The largest absolute Gasteiger partial charge is 0.420 e. The maximum absolute atomic E-state index is 13.0. The molecule has 2 heterocycles. The molecule has 0 radical (unpaired) electrons. The molecule has 1 aliphatic carbocycles. The second-order valence-electron chi connectivity index (χ2n) is 7.42. The van der Waals surface area contributed by atoms with Crippen molar-refractivity contribution >= 4 is 34.1 Å². The number of anilines is 1.